The van der Waals surface area contributed by atoms with Crippen molar-refractivity contribution in [2.75, 3.05) is 0 Å². The minimum Gasteiger partial charge on any atom is -0.457 e. The lowest BCUT2D eigenvalue weighted by atomic mass is 10.0. The third-order valence-electron chi connectivity index (χ3n) is 4.73. The van der Waals surface area contributed by atoms with E-state index >= 15 is 0 Å². The number of aryl methyl sites for hydroxylation is 2. The summed E-state index contributed by atoms with van der Waals surface area (Å²) in [5.74, 6) is 0.722. The van der Waals surface area contributed by atoms with Gasteiger partial charge in [-0.15, -0.1) is 0 Å². The van der Waals surface area contributed by atoms with Gasteiger partial charge in [-0.3, -0.25) is 9.59 Å². The molecule has 0 saturated heterocycles. The highest BCUT2D eigenvalue weighted by Crippen LogP contribution is 2.45. The molecule has 1 saturated carbocycles. The maximum absolute atomic E-state index is 12.2. The van der Waals surface area contributed by atoms with Gasteiger partial charge >= 0.3 is 0 Å². The lowest BCUT2D eigenvalue weighted by Gasteiger charge is -2.16. The number of carbonyl (C=O) groups excluding carboxylic acids is 2. The van der Waals surface area contributed by atoms with Crippen LogP contribution in [0.1, 0.15) is 29.5 Å². The summed E-state index contributed by atoms with van der Waals surface area (Å²) in [6.45, 7) is 4.33. The standard InChI is InChI=1S/C20H22N2O3/c1-13-10-16(25-15-6-4-3-5-7-15)11-14(2)17(13)12-22-19(24)20(8-9-20)18(21)23/h3-7,10-11H,8-9,12H2,1-2H3,(H2,21,23)(H,22,24). The molecular formula is C20H22N2O3. The molecule has 0 unspecified atom stereocenters. The molecular weight excluding hydrogens is 316 g/mol. The largest absolute Gasteiger partial charge is 0.457 e. The molecule has 0 spiro atoms. The van der Waals surface area contributed by atoms with Gasteiger partial charge in [0.05, 0.1) is 0 Å². The van der Waals surface area contributed by atoms with E-state index in [2.05, 4.69) is 5.32 Å². The van der Waals surface area contributed by atoms with Gasteiger partial charge in [0.15, 0.2) is 0 Å². The Kier molecular flexibility index (Phi) is 4.49. The number of para-hydroxylation sites is 1. The van der Waals surface area contributed by atoms with Gasteiger partial charge in [-0.2, -0.15) is 0 Å². The predicted octanol–water partition coefficient (Wildman–Crippen LogP) is 2.98. The molecule has 1 aliphatic rings. The Bertz CT molecular complexity index is 788. The van der Waals surface area contributed by atoms with Crippen molar-refractivity contribution in [3.8, 4) is 11.5 Å². The minimum absolute atomic E-state index is 0.275. The Morgan fingerprint density at radius 2 is 1.68 bits per heavy atom. The second-order valence-electron chi connectivity index (χ2n) is 6.58. The van der Waals surface area contributed by atoms with E-state index in [4.69, 9.17) is 10.5 Å². The molecule has 2 amide bonds. The molecule has 130 valence electrons. The molecule has 0 radical (unpaired) electrons. The van der Waals surface area contributed by atoms with E-state index in [1.807, 2.05) is 56.3 Å². The third kappa shape index (κ3) is 3.50. The Morgan fingerprint density at radius 1 is 1.08 bits per heavy atom. The van der Waals surface area contributed by atoms with Crippen LogP contribution in [0.4, 0.5) is 0 Å². The number of benzene rings is 2. The molecule has 1 aliphatic carbocycles. The van der Waals surface area contributed by atoms with Gasteiger partial charge in [-0.1, -0.05) is 18.2 Å². The monoisotopic (exact) mass is 338 g/mol. The topological polar surface area (TPSA) is 81.4 Å². The molecule has 2 aromatic rings. The summed E-state index contributed by atoms with van der Waals surface area (Å²) in [7, 11) is 0. The fraction of sp³-hybridized carbons (Fsp3) is 0.300. The van der Waals surface area contributed by atoms with Crippen LogP contribution < -0.4 is 15.8 Å². The second kappa shape index (κ2) is 6.59. The van der Waals surface area contributed by atoms with Crippen molar-refractivity contribution in [3.05, 3.63) is 59.2 Å². The Hall–Kier alpha value is -2.82. The Labute approximate surface area is 147 Å². The zero-order valence-electron chi connectivity index (χ0n) is 14.5. The third-order valence-corrected chi connectivity index (χ3v) is 4.73. The van der Waals surface area contributed by atoms with Gasteiger partial charge in [0.2, 0.25) is 11.8 Å². The summed E-state index contributed by atoms with van der Waals surface area (Å²) >= 11 is 0. The van der Waals surface area contributed by atoms with E-state index in [0.29, 0.717) is 19.4 Å². The van der Waals surface area contributed by atoms with Crippen molar-refractivity contribution >= 4 is 11.8 Å². The fourth-order valence-electron chi connectivity index (χ4n) is 2.96. The average Bonchev–Trinajstić information content (AvgIpc) is 3.37. The number of hydrogen-bond acceptors (Lipinski definition) is 3. The van der Waals surface area contributed by atoms with Gasteiger partial charge in [-0.25, -0.2) is 0 Å². The van der Waals surface area contributed by atoms with Crippen molar-refractivity contribution in [1.29, 1.82) is 0 Å². The van der Waals surface area contributed by atoms with E-state index in [1.54, 1.807) is 0 Å². The van der Waals surface area contributed by atoms with E-state index in [0.717, 1.165) is 28.2 Å². The highest BCUT2D eigenvalue weighted by Gasteiger charge is 2.55. The van der Waals surface area contributed by atoms with Crippen molar-refractivity contribution in [1.82, 2.24) is 5.32 Å². The molecule has 5 nitrogen and oxygen atoms in total. The lowest BCUT2D eigenvalue weighted by Crippen LogP contribution is -2.40. The highest BCUT2D eigenvalue weighted by molar-refractivity contribution is 6.07. The normalized spacial score (nSPS) is 14.6. The predicted molar refractivity (Wildman–Crippen MR) is 95.1 cm³/mol. The van der Waals surface area contributed by atoms with E-state index < -0.39 is 11.3 Å². The van der Waals surface area contributed by atoms with Crippen LogP contribution in [-0.2, 0) is 16.1 Å². The summed E-state index contributed by atoms with van der Waals surface area (Å²) in [5.41, 5.74) is 7.42. The van der Waals surface area contributed by atoms with E-state index in [1.165, 1.54) is 0 Å². The zero-order chi connectivity index (χ0) is 18.0. The number of carbonyl (C=O) groups is 2. The number of amides is 2. The second-order valence-corrected chi connectivity index (χ2v) is 6.58. The average molecular weight is 338 g/mol. The number of ether oxygens (including phenoxy) is 1. The molecule has 2 aromatic carbocycles. The van der Waals surface area contributed by atoms with Crippen LogP contribution in [-0.4, -0.2) is 11.8 Å². The van der Waals surface area contributed by atoms with Crippen molar-refractivity contribution in [3.63, 3.8) is 0 Å². The first-order valence-electron chi connectivity index (χ1n) is 8.33. The van der Waals surface area contributed by atoms with Crippen LogP contribution in [0, 0.1) is 19.3 Å². The smallest absolute Gasteiger partial charge is 0.235 e. The maximum Gasteiger partial charge on any atom is 0.235 e. The summed E-state index contributed by atoms with van der Waals surface area (Å²) in [4.78, 5) is 23.7. The maximum atomic E-state index is 12.2. The molecule has 1 fully saturated rings. The van der Waals surface area contributed by atoms with Gasteiger partial charge in [-0.05, 0) is 67.6 Å². The first kappa shape index (κ1) is 17.0. The van der Waals surface area contributed by atoms with E-state index in [9.17, 15) is 9.59 Å². The first-order valence-corrected chi connectivity index (χ1v) is 8.33. The van der Waals surface area contributed by atoms with E-state index in [-0.39, 0.29) is 5.91 Å². The van der Waals surface area contributed by atoms with Crippen molar-refractivity contribution < 1.29 is 14.3 Å². The van der Waals surface area contributed by atoms with Crippen molar-refractivity contribution in [2.45, 2.75) is 33.2 Å². The number of hydrogen-bond donors (Lipinski definition) is 2. The molecule has 3 N–H and O–H groups in total. The van der Waals surface area contributed by atoms with Crippen LogP contribution in [0.25, 0.3) is 0 Å². The number of nitrogens with two attached hydrogens (primary N) is 1. The summed E-state index contributed by atoms with van der Waals surface area (Å²) in [6, 6.07) is 13.5. The molecule has 0 aromatic heterocycles. The van der Waals surface area contributed by atoms with Crippen molar-refractivity contribution in [2.24, 2.45) is 11.1 Å². The van der Waals surface area contributed by atoms with Crippen LogP contribution in [0.2, 0.25) is 0 Å². The van der Waals surface area contributed by atoms with Crippen LogP contribution in [0.15, 0.2) is 42.5 Å². The summed E-state index contributed by atoms with van der Waals surface area (Å²) in [6.07, 6.45) is 1.08. The summed E-state index contributed by atoms with van der Waals surface area (Å²) in [5, 5.41) is 2.85. The molecule has 5 heteroatoms. The fourth-order valence-corrected chi connectivity index (χ4v) is 2.96. The van der Waals surface area contributed by atoms with Gasteiger partial charge in [0, 0.05) is 6.54 Å². The molecule has 0 bridgehead atoms. The molecule has 0 aliphatic heterocycles. The Morgan fingerprint density at radius 3 is 2.20 bits per heavy atom. The lowest BCUT2D eigenvalue weighted by molar-refractivity contribution is -0.135. The Balaban J connectivity index is 1.70. The van der Waals surface area contributed by atoms with Gasteiger partial charge in [0.25, 0.3) is 0 Å². The van der Waals surface area contributed by atoms with Crippen LogP contribution in [0.3, 0.4) is 0 Å². The molecule has 25 heavy (non-hydrogen) atoms. The first-order chi connectivity index (χ1) is 11.9. The summed E-state index contributed by atoms with van der Waals surface area (Å²) < 4.78 is 5.87. The van der Waals surface area contributed by atoms with Gasteiger partial charge in [0.1, 0.15) is 16.9 Å². The van der Waals surface area contributed by atoms with Crippen LogP contribution in [0.5, 0.6) is 11.5 Å². The highest BCUT2D eigenvalue weighted by atomic mass is 16.5. The number of rotatable bonds is 6. The minimum atomic E-state index is -0.988. The van der Waals surface area contributed by atoms with Crippen LogP contribution >= 0.6 is 0 Å². The zero-order valence-corrected chi connectivity index (χ0v) is 14.5. The number of primary amides is 1. The van der Waals surface area contributed by atoms with Gasteiger partial charge < -0.3 is 15.8 Å². The number of nitrogens with one attached hydrogen (secondary N) is 1. The molecule has 0 atom stereocenters. The molecule has 3 rings (SSSR count). The SMILES string of the molecule is Cc1cc(Oc2ccccc2)cc(C)c1CNC(=O)C1(C(N)=O)CC1. The quantitative estimate of drug-likeness (QED) is 0.795. The molecule has 0 heterocycles.